The van der Waals surface area contributed by atoms with E-state index in [2.05, 4.69) is 28.6 Å². The van der Waals surface area contributed by atoms with Crippen LogP contribution >= 0.6 is 11.3 Å². The second kappa shape index (κ2) is 16.1. The molecule has 4 heterocycles. The second-order valence-corrected chi connectivity index (χ2v) is 16.9. The Morgan fingerprint density at radius 2 is 1.66 bits per heavy atom. The molecule has 3 N–H and O–H groups in total. The molecule has 3 aliphatic heterocycles. The number of thiazole rings is 1. The van der Waals surface area contributed by atoms with Gasteiger partial charge in [-0.15, -0.1) is 0 Å². The molecule has 0 bridgehead atoms. The number of nitrogens with zero attached hydrogens (tertiary/aromatic N) is 2. The summed E-state index contributed by atoms with van der Waals surface area (Å²) in [7, 11) is 0. The number of morpholine rings is 1. The molecule has 10 rings (SSSR count). The molecule has 4 aliphatic rings. The molecule has 1 aliphatic carbocycles. The van der Waals surface area contributed by atoms with E-state index in [1.54, 1.807) is 6.07 Å². The highest BCUT2D eigenvalue weighted by Gasteiger charge is 2.74. The molecule has 304 valence electrons. The summed E-state index contributed by atoms with van der Waals surface area (Å²) in [6, 6.07) is 37.2. The quantitative estimate of drug-likeness (QED) is 0.103. The molecule has 2 fully saturated rings. The lowest BCUT2D eigenvalue weighted by Gasteiger charge is -2.46. The zero-order valence-corrected chi connectivity index (χ0v) is 33.9. The van der Waals surface area contributed by atoms with Crippen molar-refractivity contribution in [2.24, 2.45) is 5.92 Å². The fourth-order valence-electron chi connectivity index (χ4n) is 9.82. The Morgan fingerprint density at radius 1 is 0.885 bits per heavy atom. The normalized spacial score (nSPS) is 24.2. The molecule has 2 saturated heterocycles. The maximum Gasteiger partial charge on any atom is 0.324 e. The monoisotopic (exact) mass is 826 g/mol. The SMILES string of the molecule is O=C1O[C@@H](c2ccccc2)[C@@H](c2ccccc2)N2[C@@H](c3cccc(OCCO)c3)[C@]3(C(=O)Nc4ccc(C#CC5=CCCCC5)cc43)[C@@H](C(=O)Nc3nc4ccccc4s3)[C@H]12. The Labute approximate surface area is 357 Å². The van der Waals surface area contributed by atoms with Crippen LogP contribution in [0.2, 0.25) is 0 Å². The van der Waals surface area contributed by atoms with Crippen LogP contribution in [0.5, 0.6) is 5.75 Å². The molecule has 6 aromatic rings. The summed E-state index contributed by atoms with van der Waals surface area (Å²) >= 11 is 1.32. The van der Waals surface area contributed by atoms with Gasteiger partial charge < -0.3 is 25.2 Å². The van der Waals surface area contributed by atoms with Crippen LogP contribution in [0, 0.1) is 17.8 Å². The largest absolute Gasteiger partial charge is 0.491 e. The first-order chi connectivity index (χ1) is 29.9. The summed E-state index contributed by atoms with van der Waals surface area (Å²) in [6.07, 6.45) is 5.51. The van der Waals surface area contributed by atoms with Crippen molar-refractivity contribution in [3.63, 3.8) is 0 Å². The van der Waals surface area contributed by atoms with Crippen LogP contribution in [0.3, 0.4) is 0 Å². The van der Waals surface area contributed by atoms with E-state index < -0.39 is 53.3 Å². The Kier molecular flexibility index (Phi) is 10.2. The number of hydrogen-bond acceptors (Lipinski definition) is 9. The third-order valence-electron chi connectivity index (χ3n) is 12.3. The smallest absolute Gasteiger partial charge is 0.324 e. The number of para-hydroxylation sites is 1. The summed E-state index contributed by atoms with van der Waals surface area (Å²) < 4.78 is 13.4. The van der Waals surface area contributed by atoms with E-state index in [4.69, 9.17) is 14.5 Å². The molecule has 1 spiro atoms. The van der Waals surface area contributed by atoms with E-state index in [1.807, 2.05) is 126 Å². The number of cyclic esters (lactones) is 1. The van der Waals surface area contributed by atoms with E-state index in [1.165, 1.54) is 11.3 Å². The van der Waals surface area contributed by atoms with Gasteiger partial charge in [-0.05, 0) is 96.0 Å². The number of allylic oxidation sites excluding steroid dienone is 2. The number of esters is 1. The third kappa shape index (κ3) is 6.77. The average molecular weight is 827 g/mol. The molecule has 11 heteroatoms. The number of aromatic nitrogens is 1. The number of rotatable bonds is 8. The van der Waals surface area contributed by atoms with Crippen LogP contribution in [0.15, 0.2) is 139 Å². The molecular formula is C50H42N4O6S. The predicted molar refractivity (Wildman–Crippen MR) is 234 cm³/mol. The van der Waals surface area contributed by atoms with Crippen LogP contribution in [0.4, 0.5) is 10.8 Å². The highest BCUT2D eigenvalue weighted by molar-refractivity contribution is 7.22. The van der Waals surface area contributed by atoms with Gasteiger partial charge in [0.1, 0.15) is 29.9 Å². The molecule has 6 atom stereocenters. The first-order valence-corrected chi connectivity index (χ1v) is 21.5. The minimum Gasteiger partial charge on any atom is -0.491 e. The van der Waals surface area contributed by atoms with Crippen molar-refractivity contribution >= 4 is 50.2 Å². The van der Waals surface area contributed by atoms with Crippen molar-refractivity contribution in [2.75, 3.05) is 23.8 Å². The summed E-state index contributed by atoms with van der Waals surface area (Å²) in [5.41, 5.74) is 4.11. The van der Waals surface area contributed by atoms with Crippen LogP contribution in [0.1, 0.15) is 71.7 Å². The number of nitrogens with one attached hydrogen (secondary N) is 2. The zero-order chi connectivity index (χ0) is 41.5. The Morgan fingerprint density at radius 3 is 2.43 bits per heavy atom. The minimum atomic E-state index is -1.71. The van der Waals surface area contributed by atoms with Gasteiger partial charge in [-0.3, -0.25) is 19.3 Å². The highest BCUT2D eigenvalue weighted by atomic mass is 32.1. The molecular weight excluding hydrogens is 785 g/mol. The number of fused-ring (bicyclic) bond motifs is 4. The lowest BCUT2D eigenvalue weighted by atomic mass is 9.65. The maximum atomic E-state index is 15.6. The van der Waals surface area contributed by atoms with Crippen molar-refractivity contribution < 1.29 is 29.0 Å². The number of ether oxygens (including phenoxy) is 2. The van der Waals surface area contributed by atoms with Gasteiger partial charge in [0.2, 0.25) is 11.8 Å². The van der Waals surface area contributed by atoms with Crippen LogP contribution in [0.25, 0.3) is 10.2 Å². The molecule has 2 amide bonds. The maximum absolute atomic E-state index is 15.6. The van der Waals surface area contributed by atoms with Gasteiger partial charge in [0.05, 0.1) is 34.8 Å². The van der Waals surface area contributed by atoms with Crippen molar-refractivity contribution in [3.8, 4) is 17.6 Å². The number of aliphatic hydroxyl groups is 1. The van der Waals surface area contributed by atoms with Crippen LogP contribution in [-0.4, -0.2) is 52.0 Å². The molecule has 10 nitrogen and oxygen atoms in total. The Hall–Kier alpha value is -6.58. The van der Waals surface area contributed by atoms with Gasteiger partial charge in [0.25, 0.3) is 0 Å². The molecule has 0 radical (unpaired) electrons. The van der Waals surface area contributed by atoms with Gasteiger partial charge in [-0.25, -0.2) is 4.98 Å². The summed E-state index contributed by atoms with van der Waals surface area (Å²) in [4.78, 5) is 53.1. The lowest BCUT2D eigenvalue weighted by Crippen LogP contribution is -2.53. The van der Waals surface area contributed by atoms with Crippen molar-refractivity contribution in [2.45, 2.75) is 55.3 Å². The van der Waals surface area contributed by atoms with Crippen molar-refractivity contribution in [1.82, 2.24) is 9.88 Å². The van der Waals surface area contributed by atoms with E-state index in [0.717, 1.165) is 52.6 Å². The van der Waals surface area contributed by atoms with E-state index in [-0.39, 0.29) is 13.2 Å². The fourth-order valence-corrected chi connectivity index (χ4v) is 10.7. The molecule has 61 heavy (non-hydrogen) atoms. The number of hydrogen-bond donors (Lipinski definition) is 3. The topological polar surface area (TPSA) is 130 Å². The Balaban J connectivity index is 1.24. The zero-order valence-electron chi connectivity index (χ0n) is 33.1. The third-order valence-corrected chi connectivity index (χ3v) is 13.3. The van der Waals surface area contributed by atoms with Crippen LogP contribution < -0.4 is 15.4 Å². The molecule has 0 saturated carbocycles. The number of benzene rings is 5. The lowest BCUT2D eigenvalue weighted by molar-refractivity contribution is -0.177. The van der Waals surface area contributed by atoms with E-state index in [9.17, 15) is 5.11 Å². The van der Waals surface area contributed by atoms with Gasteiger partial charge in [-0.1, -0.05) is 114 Å². The number of anilines is 2. The number of aliphatic hydroxyl groups excluding tert-OH is 1. The average Bonchev–Trinajstić information content (AvgIpc) is 3.95. The number of amides is 2. The van der Waals surface area contributed by atoms with Crippen molar-refractivity contribution in [3.05, 3.63) is 167 Å². The van der Waals surface area contributed by atoms with Gasteiger partial charge in [0, 0.05) is 11.3 Å². The minimum absolute atomic E-state index is 0.0512. The molecule has 5 aromatic carbocycles. The molecule has 0 unspecified atom stereocenters. The van der Waals surface area contributed by atoms with Crippen molar-refractivity contribution in [1.29, 1.82) is 0 Å². The fraction of sp³-hybridized carbons (Fsp3) is 0.240. The first kappa shape index (κ1) is 38.6. The first-order valence-electron chi connectivity index (χ1n) is 20.7. The van der Waals surface area contributed by atoms with E-state index in [0.29, 0.717) is 33.3 Å². The standard InChI is InChI=1S/C50H42N4O6S/c55-27-28-59-36-20-12-19-35(30-36)45-50(37-29-32(25-26-38(37)51-48(50)58)24-23-31-13-4-1-5-14-31)41(46(56)53-49-52-39-21-10-11-22-40(39)61-49)43-47(57)60-44(34-17-8-3-9-18-34)42(54(43)45)33-15-6-2-7-16-33/h2-3,6-13,15-22,25-26,29-30,41-45,55H,1,4-5,14,27-28H2,(H,51,58)(H,52,53,56)/t41-,42-,43-,44+,45+,50-/m1/s1. The van der Waals surface area contributed by atoms with Crippen LogP contribution in [-0.2, 0) is 24.5 Å². The number of carbonyl (C=O) groups excluding carboxylic acids is 3. The summed E-state index contributed by atoms with van der Waals surface area (Å²) in [6.45, 7) is -0.146. The van der Waals surface area contributed by atoms with Gasteiger partial charge in [0.15, 0.2) is 5.13 Å². The molecule has 1 aromatic heterocycles. The van der Waals surface area contributed by atoms with Gasteiger partial charge >= 0.3 is 5.97 Å². The second-order valence-electron chi connectivity index (χ2n) is 15.8. The summed E-state index contributed by atoms with van der Waals surface area (Å²) in [5.74, 6) is 4.29. The number of carbonyl (C=O) groups is 3. The van der Waals surface area contributed by atoms with E-state index >= 15 is 14.4 Å². The predicted octanol–water partition coefficient (Wildman–Crippen LogP) is 8.43. The Bertz CT molecular complexity index is 2730. The summed E-state index contributed by atoms with van der Waals surface area (Å²) in [5, 5.41) is 16.3. The van der Waals surface area contributed by atoms with Gasteiger partial charge in [-0.2, -0.15) is 0 Å². The highest BCUT2D eigenvalue weighted by Crippen LogP contribution is 2.65.